The van der Waals surface area contributed by atoms with E-state index < -0.39 is 0 Å². The van der Waals surface area contributed by atoms with Gasteiger partial charge >= 0.3 is 0 Å². The van der Waals surface area contributed by atoms with Crippen LogP contribution in [0.2, 0.25) is 0 Å². The Morgan fingerprint density at radius 1 is 1.04 bits per heavy atom. The fourth-order valence-corrected chi connectivity index (χ4v) is 3.01. The molecule has 1 aromatic carbocycles. The maximum absolute atomic E-state index is 12.5. The van der Waals surface area contributed by atoms with E-state index in [2.05, 4.69) is 15.2 Å². The number of nitrogens with one attached hydrogen (secondary N) is 1. The number of hydrogen-bond acceptors (Lipinski definition) is 6. The lowest BCUT2D eigenvalue weighted by atomic mass is 10.2. The van der Waals surface area contributed by atoms with E-state index in [0.717, 1.165) is 18.9 Å². The Balaban J connectivity index is 1.77. The molecule has 138 valence electrons. The SMILES string of the molecule is COc1cc(NC(=O)c2ccc(N3CCCC3)nc2)cc(OC)c1OC. The molecular formula is C19H23N3O4. The molecule has 0 aliphatic carbocycles. The summed E-state index contributed by atoms with van der Waals surface area (Å²) in [5, 5.41) is 2.84. The summed E-state index contributed by atoms with van der Waals surface area (Å²) in [4.78, 5) is 19.2. The van der Waals surface area contributed by atoms with E-state index in [9.17, 15) is 4.79 Å². The molecule has 0 bridgehead atoms. The van der Waals surface area contributed by atoms with Crippen LogP contribution in [0, 0.1) is 0 Å². The number of nitrogens with zero attached hydrogens (tertiary/aromatic N) is 2. The van der Waals surface area contributed by atoms with Crippen molar-refractivity contribution in [2.24, 2.45) is 0 Å². The third kappa shape index (κ3) is 3.66. The third-order valence-electron chi connectivity index (χ3n) is 4.36. The van der Waals surface area contributed by atoms with Crippen LogP contribution in [0.25, 0.3) is 0 Å². The molecule has 1 fully saturated rings. The molecule has 3 rings (SSSR count). The first kappa shape index (κ1) is 17.8. The zero-order chi connectivity index (χ0) is 18.5. The molecule has 1 aliphatic heterocycles. The van der Waals surface area contributed by atoms with Gasteiger partial charge in [-0.1, -0.05) is 0 Å². The number of methoxy groups -OCH3 is 3. The number of anilines is 2. The summed E-state index contributed by atoms with van der Waals surface area (Å²) >= 11 is 0. The van der Waals surface area contributed by atoms with Gasteiger partial charge in [0.15, 0.2) is 11.5 Å². The van der Waals surface area contributed by atoms with Crippen molar-refractivity contribution in [3.8, 4) is 17.2 Å². The first-order chi connectivity index (χ1) is 12.7. The minimum atomic E-state index is -0.250. The zero-order valence-electron chi connectivity index (χ0n) is 15.2. The van der Waals surface area contributed by atoms with E-state index >= 15 is 0 Å². The van der Waals surface area contributed by atoms with Gasteiger partial charge in [-0.2, -0.15) is 0 Å². The normalized spacial score (nSPS) is 13.4. The molecule has 1 saturated heterocycles. The molecule has 0 radical (unpaired) electrons. The maximum atomic E-state index is 12.5. The highest BCUT2D eigenvalue weighted by molar-refractivity contribution is 6.04. The first-order valence-electron chi connectivity index (χ1n) is 8.48. The topological polar surface area (TPSA) is 72.9 Å². The molecule has 0 saturated carbocycles. The van der Waals surface area contributed by atoms with Crippen LogP contribution in [-0.4, -0.2) is 45.3 Å². The molecule has 0 unspecified atom stereocenters. The Morgan fingerprint density at radius 3 is 2.19 bits per heavy atom. The van der Waals surface area contributed by atoms with E-state index in [1.54, 1.807) is 24.4 Å². The van der Waals surface area contributed by atoms with Crippen molar-refractivity contribution in [2.45, 2.75) is 12.8 Å². The van der Waals surface area contributed by atoms with Crippen molar-refractivity contribution in [3.63, 3.8) is 0 Å². The van der Waals surface area contributed by atoms with E-state index in [0.29, 0.717) is 28.5 Å². The molecule has 1 aliphatic rings. The van der Waals surface area contributed by atoms with Gasteiger partial charge in [0.25, 0.3) is 5.91 Å². The van der Waals surface area contributed by atoms with Crippen LogP contribution in [0.4, 0.5) is 11.5 Å². The van der Waals surface area contributed by atoms with E-state index in [1.165, 1.54) is 34.2 Å². The van der Waals surface area contributed by atoms with Crippen LogP contribution in [0.1, 0.15) is 23.2 Å². The average molecular weight is 357 g/mol. The third-order valence-corrected chi connectivity index (χ3v) is 4.36. The van der Waals surface area contributed by atoms with Crippen LogP contribution in [-0.2, 0) is 0 Å². The number of amides is 1. The molecule has 26 heavy (non-hydrogen) atoms. The van der Waals surface area contributed by atoms with Crippen molar-refractivity contribution < 1.29 is 19.0 Å². The highest BCUT2D eigenvalue weighted by Crippen LogP contribution is 2.40. The van der Waals surface area contributed by atoms with Gasteiger partial charge in [-0.05, 0) is 25.0 Å². The number of pyridine rings is 1. The van der Waals surface area contributed by atoms with Gasteiger partial charge < -0.3 is 24.4 Å². The largest absolute Gasteiger partial charge is 0.493 e. The Kier molecular flexibility index (Phi) is 5.46. The molecule has 7 nitrogen and oxygen atoms in total. The summed E-state index contributed by atoms with van der Waals surface area (Å²) in [6.45, 7) is 2.04. The molecule has 0 atom stereocenters. The number of hydrogen-bond donors (Lipinski definition) is 1. The molecule has 1 N–H and O–H groups in total. The predicted molar refractivity (Wildman–Crippen MR) is 99.7 cm³/mol. The second kappa shape index (κ2) is 7.95. The number of aromatic nitrogens is 1. The molecule has 0 spiro atoms. The van der Waals surface area contributed by atoms with Crippen molar-refractivity contribution in [2.75, 3.05) is 44.6 Å². The lowest BCUT2D eigenvalue weighted by molar-refractivity contribution is 0.102. The van der Waals surface area contributed by atoms with Gasteiger partial charge in [0.2, 0.25) is 5.75 Å². The second-order valence-electron chi connectivity index (χ2n) is 5.97. The summed E-state index contributed by atoms with van der Waals surface area (Å²) in [7, 11) is 4.60. The zero-order valence-corrected chi connectivity index (χ0v) is 15.2. The van der Waals surface area contributed by atoms with Crippen LogP contribution in [0.3, 0.4) is 0 Å². The van der Waals surface area contributed by atoms with E-state index in [4.69, 9.17) is 14.2 Å². The second-order valence-corrected chi connectivity index (χ2v) is 5.97. The van der Waals surface area contributed by atoms with Gasteiger partial charge in [0, 0.05) is 37.1 Å². The number of carbonyl (C=O) groups excluding carboxylic acids is 1. The van der Waals surface area contributed by atoms with E-state index in [-0.39, 0.29) is 5.91 Å². The van der Waals surface area contributed by atoms with Crippen molar-refractivity contribution in [3.05, 3.63) is 36.0 Å². The minimum Gasteiger partial charge on any atom is -0.493 e. The van der Waals surface area contributed by atoms with Crippen LogP contribution < -0.4 is 24.4 Å². The molecular weight excluding hydrogens is 334 g/mol. The van der Waals surface area contributed by atoms with Crippen LogP contribution in [0.15, 0.2) is 30.5 Å². The maximum Gasteiger partial charge on any atom is 0.257 e. The molecule has 1 aromatic heterocycles. The molecule has 2 heterocycles. The standard InChI is InChI=1S/C19H23N3O4/c1-24-15-10-14(11-16(25-2)18(15)26-3)21-19(23)13-6-7-17(20-12-13)22-8-4-5-9-22/h6-7,10-12H,4-5,8-9H2,1-3H3,(H,21,23). The van der Waals surface area contributed by atoms with Gasteiger partial charge in [0.1, 0.15) is 5.82 Å². The van der Waals surface area contributed by atoms with E-state index in [1.807, 2.05) is 6.07 Å². The molecule has 1 amide bonds. The Labute approximate surface area is 152 Å². The minimum absolute atomic E-state index is 0.250. The van der Waals surface area contributed by atoms with Gasteiger partial charge in [0.05, 0.1) is 26.9 Å². The highest BCUT2D eigenvalue weighted by atomic mass is 16.5. The summed E-state index contributed by atoms with van der Waals surface area (Å²) in [6, 6.07) is 7.04. The fourth-order valence-electron chi connectivity index (χ4n) is 3.01. The van der Waals surface area contributed by atoms with Crippen molar-refractivity contribution in [1.29, 1.82) is 0 Å². The van der Waals surface area contributed by atoms with Gasteiger partial charge in [-0.15, -0.1) is 0 Å². The Hall–Kier alpha value is -2.96. The Bertz CT molecular complexity index is 746. The lowest BCUT2D eigenvalue weighted by Crippen LogP contribution is -2.19. The Morgan fingerprint density at radius 2 is 1.69 bits per heavy atom. The van der Waals surface area contributed by atoms with Crippen molar-refractivity contribution >= 4 is 17.4 Å². The predicted octanol–water partition coefficient (Wildman–Crippen LogP) is 2.96. The van der Waals surface area contributed by atoms with Crippen LogP contribution >= 0.6 is 0 Å². The van der Waals surface area contributed by atoms with Gasteiger partial charge in [-0.3, -0.25) is 4.79 Å². The summed E-state index contributed by atoms with van der Waals surface area (Å²) in [5.74, 6) is 2.09. The van der Waals surface area contributed by atoms with Gasteiger partial charge in [-0.25, -0.2) is 4.98 Å². The smallest absolute Gasteiger partial charge is 0.257 e. The highest BCUT2D eigenvalue weighted by Gasteiger charge is 2.17. The summed E-state index contributed by atoms with van der Waals surface area (Å²) in [6.07, 6.45) is 3.97. The summed E-state index contributed by atoms with van der Waals surface area (Å²) < 4.78 is 15.9. The number of rotatable bonds is 6. The fraction of sp³-hybridized carbons (Fsp3) is 0.368. The molecule has 7 heteroatoms. The summed E-state index contributed by atoms with van der Waals surface area (Å²) in [5.41, 5.74) is 1.04. The van der Waals surface area contributed by atoms with Crippen molar-refractivity contribution in [1.82, 2.24) is 4.98 Å². The first-order valence-corrected chi connectivity index (χ1v) is 8.48. The average Bonchev–Trinajstić information content (AvgIpc) is 3.22. The number of ether oxygens (including phenoxy) is 3. The number of carbonyl (C=O) groups is 1. The number of benzene rings is 1. The van der Waals surface area contributed by atoms with Crippen LogP contribution in [0.5, 0.6) is 17.2 Å². The quantitative estimate of drug-likeness (QED) is 0.857. The molecule has 2 aromatic rings. The monoisotopic (exact) mass is 357 g/mol. The lowest BCUT2D eigenvalue weighted by Gasteiger charge is -2.16.